The zero-order chi connectivity index (χ0) is 22.0. The van der Waals surface area contributed by atoms with Crippen LogP contribution in [0.4, 0.5) is 13.2 Å². The minimum Gasteiger partial charge on any atom is -0.322 e. The molecule has 2 fully saturated rings. The number of pyridine rings is 1. The lowest BCUT2D eigenvalue weighted by atomic mass is 9.92. The third-order valence-electron chi connectivity index (χ3n) is 6.33. The highest BCUT2D eigenvalue weighted by molar-refractivity contribution is 7.89. The molecule has 0 aliphatic heterocycles. The van der Waals surface area contributed by atoms with Gasteiger partial charge < -0.3 is 4.57 Å². The van der Waals surface area contributed by atoms with Crippen LogP contribution in [-0.4, -0.2) is 29.7 Å². The van der Waals surface area contributed by atoms with Crippen molar-refractivity contribution in [3.63, 3.8) is 0 Å². The summed E-state index contributed by atoms with van der Waals surface area (Å²) in [5.41, 5.74) is 1.35. The molecule has 0 radical (unpaired) electrons. The van der Waals surface area contributed by atoms with E-state index in [0.717, 1.165) is 47.1 Å². The SMILES string of the molecule is Cc1cnc2c(c1)cc(-c1ccc(S(=O)(=O)NC3(C(F)(F)F)CC3)cc1)n2C1CCC1. The number of nitrogens with one attached hydrogen (secondary N) is 1. The number of hydrogen-bond donors (Lipinski definition) is 1. The topological polar surface area (TPSA) is 64.0 Å². The fourth-order valence-corrected chi connectivity index (χ4v) is 5.60. The summed E-state index contributed by atoms with van der Waals surface area (Å²) in [6.07, 6.45) is 0.0270. The van der Waals surface area contributed by atoms with Crippen LogP contribution < -0.4 is 4.72 Å². The Balaban J connectivity index is 1.50. The van der Waals surface area contributed by atoms with Crippen LogP contribution in [0.5, 0.6) is 0 Å². The van der Waals surface area contributed by atoms with E-state index in [-0.39, 0.29) is 17.7 Å². The standard InChI is InChI=1S/C22H22F3N3O2S/c1-14-11-16-12-19(28(17-3-2-4-17)20(16)26-13-14)15-5-7-18(8-6-15)31(29,30)27-21(9-10-21)22(23,24)25/h5-8,11-13,17,27H,2-4,9-10H2,1H3. The van der Waals surface area contributed by atoms with E-state index >= 15 is 0 Å². The zero-order valence-electron chi connectivity index (χ0n) is 16.9. The molecular formula is C22H22F3N3O2S. The summed E-state index contributed by atoms with van der Waals surface area (Å²) >= 11 is 0. The molecule has 2 aliphatic rings. The Kier molecular flexibility index (Phi) is 4.50. The van der Waals surface area contributed by atoms with Gasteiger partial charge in [0.1, 0.15) is 11.2 Å². The van der Waals surface area contributed by atoms with E-state index in [0.29, 0.717) is 6.04 Å². The molecule has 164 valence electrons. The molecule has 0 atom stereocenters. The zero-order valence-corrected chi connectivity index (χ0v) is 17.7. The fourth-order valence-electron chi connectivity index (χ4n) is 4.15. The van der Waals surface area contributed by atoms with E-state index in [4.69, 9.17) is 0 Å². The maximum Gasteiger partial charge on any atom is 0.407 e. The number of benzene rings is 1. The minimum absolute atomic E-state index is 0.174. The maximum atomic E-state index is 13.2. The van der Waals surface area contributed by atoms with Crippen molar-refractivity contribution in [2.45, 2.75) is 61.7 Å². The third-order valence-corrected chi connectivity index (χ3v) is 7.89. The molecule has 1 N–H and O–H groups in total. The quantitative estimate of drug-likeness (QED) is 0.589. The summed E-state index contributed by atoms with van der Waals surface area (Å²) < 4.78 is 68.7. The van der Waals surface area contributed by atoms with Gasteiger partial charge in [0.05, 0.1) is 10.6 Å². The van der Waals surface area contributed by atoms with Crippen molar-refractivity contribution in [2.75, 3.05) is 0 Å². The molecule has 0 bridgehead atoms. The normalized spacial score (nSPS) is 18.8. The molecule has 5 rings (SSSR count). The van der Waals surface area contributed by atoms with Crippen molar-refractivity contribution in [1.29, 1.82) is 0 Å². The molecule has 0 amide bonds. The average Bonchev–Trinajstić information content (AvgIpc) is 3.35. The Bertz CT molecular complexity index is 1260. The van der Waals surface area contributed by atoms with Gasteiger partial charge in [-0.15, -0.1) is 0 Å². The Morgan fingerprint density at radius 3 is 2.35 bits per heavy atom. The molecule has 1 aromatic carbocycles. The van der Waals surface area contributed by atoms with Gasteiger partial charge in [0, 0.05) is 17.6 Å². The lowest BCUT2D eigenvalue weighted by Crippen LogP contribution is -2.47. The van der Waals surface area contributed by atoms with Crippen LogP contribution in [0.1, 0.15) is 43.7 Å². The van der Waals surface area contributed by atoms with Gasteiger partial charge in [-0.2, -0.15) is 17.9 Å². The Hall–Kier alpha value is -2.39. The van der Waals surface area contributed by atoms with E-state index in [9.17, 15) is 21.6 Å². The number of aryl methyl sites for hydroxylation is 1. The van der Waals surface area contributed by atoms with Gasteiger partial charge in [-0.3, -0.25) is 0 Å². The summed E-state index contributed by atoms with van der Waals surface area (Å²) in [5, 5.41) is 1.01. The summed E-state index contributed by atoms with van der Waals surface area (Å²) in [6.45, 7) is 1.98. The number of nitrogens with zero attached hydrogens (tertiary/aromatic N) is 2. The Morgan fingerprint density at radius 2 is 1.81 bits per heavy atom. The second-order valence-corrected chi connectivity index (χ2v) is 10.3. The van der Waals surface area contributed by atoms with Crippen molar-refractivity contribution in [2.24, 2.45) is 0 Å². The van der Waals surface area contributed by atoms with Crippen LogP contribution in [0.2, 0.25) is 0 Å². The second kappa shape index (κ2) is 6.80. The minimum atomic E-state index is -4.60. The molecule has 2 aromatic heterocycles. The summed E-state index contributed by atoms with van der Waals surface area (Å²) in [6, 6.07) is 10.5. The molecule has 2 saturated carbocycles. The number of rotatable bonds is 5. The van der Waals surface area contributed by atoms with E-state index in [1.54, 1.807) is 12.1 Å². The first-order chi connectivity index (χ1) is 14.6. The van der Waals surface area contributed by atoms with E-state index in [1.807, 2.05) is 23.9 Å². The molecule has 5 nitrogen and oxygen atoms in total. The molecule has 0 saturated heterocycles. The molecule has 2 heterocycles. The van der Waals surface area contributed by atoms with Crippen molar-refractivity contribution < 1.29 is 21.6 Å². The monoisotopic (exact) mass is 449 g/mol. The van der Waals surface area contributed by atoms with E-state index in [2.05, 4.69) is 15.6 Å². The van der Waals surface area contributed by atoms with Gasteiger partial charge in [0.25, 0.3) is 0 Å². The Labute approximate surface area is 178 Å². The molecule has 9 heteroatoms. The highest BCUT2D eigenvalue weighted by atomic mass is 32.2. The Morgan fingerprint density at radius 1 is 1.13 bits per heavy atom. The van der Waals surface area contributed by atoms with Crippen molar-refractivity contribution in [1.82, 2.24) is 14.3 Å². The molecule has 0 unspecified atom stereocenters. The van der Waals surface area contributed by atoms with Crippen LogP contribution in [0.15, 0.2) is 47.5 Å². The lowest BCUT2D eigenvalue weighted by Gasteiger charge is -2.29. The molecule has 31 heavy (non-hydrogen) atoms. The number of hydrogen-bond acceptors (Lipinski definition) is 3. The third kappa shape index (κ3) is 3.43. The first kappa shape index (κ1) is 20.5. The van der Waals surface area contributed by atoms with E-state index in [1.165, 1.54) is 12.1 Å². The van der Waals surface area contributed by atoms with E-state index < -0.39 is 21.7 Å². The number of sulfonamides is 1. The van der Waals surface area contributed by atoms with Crippen LogP contribution in [0.25, 0.3) is 22.3 Å². The van der Waals surface area contributed by atoms with Gasteiger partial charge >= 0.3 is 6.18 Å². The van der Waals surface area contributed by atoms with Crippen LogP contribution in [0, 0.1) is 6.92 Å². The molecule has 3 aromatic rings. The second-order valence-electron chi connectivity index (χ2n) is 8.62. The van der Waals surface area contributed by atoms with Crippen LogP contribution in [0.3, 0.4) is 0 Å². The molecule has 0 spiro atoms. The van der Waals surface area contributed by atoms with Crippen molar-refractivity contribution in [3.05, 3.63) is 48.2 Å². The lowest BCUT2D eigenvalue weighted by molar-refractivity contribution is -0.160. The van der Waals surface area contributed by atoms with Crippen LogP contribution in [-0.2, 0) is 10.0 Å². The number of halogens is 3. The van der Waals surface area contributed by atoms with Gasteiger partial charge in [0.15, 0.2) is 0 Å². The number of alkyl halides is 3. The predicted octanol–water partition coefficient (Wildman–Crippen LogP) is 5.11. The van der Waals surface area contributed by atoms with Gasteiger partial charge in [-0.1, -0.05) is 12.1 Å². The largest absolute Gasteiger partial charge is 0.407 e. The van der Waals surface area contributed by atoms with Crippen molar-refractivity contribution in [3.8, 4) is 11.3 Å². The molecular weight excluding hydrogens is 427 g/mol. The first-order valence-electron chi connectivity index (χ1n) is 10.3. The van der Waals surface area contributed by atoms with Crippen molar-refractivity contribution >= 4 is 21.1 Å². The fraction of sp³-hybridized carbons (Fsp3) is 0.409. The predicted molar refractivity (Wildman–Crippen MR) is 111 cm³/mol. The van der Waals surface area contributed by atoms with Gasteiger partial charge in [-0.25, -0.2) is 13.4 Å². The summed E-state index contributed by atoms with van der Waals surface area (Å²) in [5.74, 6) is 0. The summed E-state index contributed by atoms with van der Waals surface area (Å²) in [7, 11) is -4.28. The summed E-state index contributed by atoms with van der Waals surface area (Å²) in [4.78, 5) is 4.43. The molecule has 2 aliphatic carbocycles. The smallest absolute Gasteiger partial charge is 0.322 e. The average molecular weight is 449 g/mol. The maximum absolute atomic E-state index is 13.2. The number of aromatic nitrogens is 2. The highest BCUT2D eigenvalue weighted by Gasteiger charge is 2.65. The number of fused-ring (bicyclic) bond motifs is 1. The highest BCUT2D eigenvalue weighted by Crippen LogP contribution is 2.49. The van der Waals surface area contributed by atoms with Gasteiger partial charge in [-0.05, 0) is 74.4 Å². The van der Waals surface area contributed by atoms with Gasteiger partial charge in [0.2, 0.25) is 10.0 Å². The first-order valence-corrected chi connectivity index (χ1v) is 11.8. The van der Waals surface area contributed by atoms with Crippen LogP contribution >= 0.6 is 0 Å².